The van der Waals surface area contributed by atoms with Crippen LogP contribution < -0.4 is 20.3 Å². The van der Waals surface area contributed by atoms with E-state index in [-0.39, 0.29) is 30.8 Å². The maximum absolute atomic E-state index is 13.3. The van der Waals surface area contributed by atoms with Gasteiger partial charge in [-0.1, -0.05) is 25.1 Å². The van der Waals surface area contributed by atoms with E-state index in [2.05, 4.69) is 10.6 Å². The van der Waals surface area contributed by atoms with Gasteiger partial charge >= 0.3 is 0 Å². The van der Waals surface area contributed by atoms with Crippen LogP contribution in [0.2, 0.25) is 0 Å². The molecule has 0 atom stereocenters. The third-order valence-corrected chi connectivity index (χ3v) is 5.28. The van der Waals surface area contributed by atoms with Gasteiger partial charge in [-0.3, -0.25) is 24.2 Å². The largest absolute Gasteiger partial charge is 0.497 e. The molecular weight excluding hydrogens is 396 g/mol. The second kappa shape index (κ2) is 9.18. The number of nitrogens with one attached hydrogen (secondary N) is 2. The van der Waals surface area contributed by atoms with Crippen LogP contribution in [0.3, 0.4) is 0 Å². The molecule has 8 nitrogen and oxygen atoms in total. The number of carbonyl (C=O) groups excluding carboxylic acids is 3. The Balaban J connectivity index is 1.71. The first-order valence-electron chi connectivity index (χ1n) is 10.2. The van der Waals surface area contributed by atoms with Gasteiger partial charge in [0.25, 0.3) is 0 Å². The van der Waals surface area contributed by atoms with E-state index < -0.39 is 5.54 Å². The maximum Gasteiger partial charge on any atom is 0.250 e. The van der Waals surface area contributed by atoms with E-state index in [1.807, 2.05) is 13.0 Å². The van der Waals surface area contributed by atoms with Gasteiger partial charge in [0, 0.05) is 11.8 Å². The Morgan fingerprint density at radius 3 is 2.58 bits per heavy atom. The van der Waals surface area contributed by atoms with Crippen LogP contribution in [0.4, 0.5) is 17.1 Å². The Hall–Kier alpha value is -3.39. The summed E-state index contributed by atoms with van der Waals surface area (Å²) in [6, 6.07) is 14.3. The number of rotatable bonds is 7. The van der Waals surface area contributed by atoms with Crippen LogP contribution in [0.5, 0.6) is 5.75 Å². The number of carbonyl (C=O) groups is 3. The number of para-hydroxylation sites is 2. The molecule has 1 aliphatic rings. The minimum absolute atomic E-state index is 0.00702. The summed E-state index contributed by atoms with van der Waals surface area (Å²) in [5, 5.41) is 5.67. The monoisotopic (exact) mass is 424 g/mol. The van der Waals surface area contributed by atoms with Gasteiger partial charge in [-0.05, 0) is 44.7 Å². The van der Waals surface area contributed by atoms with Crippen molar-refractivity contribution in [1.29, 1.82) is 0 Å². The molecule has 8 heteroatoms. The second-order valence-corrected chi connectivity index (χ2v) is 7.84. The molecule has 3 rings (SSSR count). The fraction of sp³-hybridized carbons (Fsp3) is 0.348. The zero-order chi connectivity index (χ0) is 22.6. The van der Waals surface area contributed by atoms with E-state index in [4.69, 9.17) is 4.74 Å². The SMILES string of the molecule is CCN(CC(=O)Nc1cccc(OC)c1)CC(=O)N1c2ccccc2NC(=O)C1(C)C. The molecule has 164 valence electrons. The Kier molecular flexibility index (Phi) is 6.60. The van der Waals surface area contributed by atoms with E-state index in [1.54, 1.807) is 68.3 Å². The second-order valence-electron chi connectivity index (χ2n) is 7.84. The number of ether oxygens (including phenoxy) is 1. The lowest BCUT2D eigenvalue weighted by molar-refractivity contribution is -0.127. The van der Waals surface area contributed by atoms with Crippen molar-refractivity contribution in [2.45, 2.75) is 26.3 Å². The molecule has 2 aromatic rings. The highest BCUT2D eigenvalue weighted by atomic mass is 16.5. The fourth-order valence-electron chi connectivity index (χ4n) is 3.54. The summed E-state index contributed by atoms with van der Waals surface area (Å²) in [6.07, 6.45) is 0. The molecule has 0 aromatic heterocycles. The number of amides is 3. The Morgan fingerprint density at radius 2 is 1.87 bits per heavy atom. The average molecular weight is 425 g/mol. The van der Waals surface area contributed by atoms with E-state index >= 15 is 0 Å². The van der Waals surface area contributed by atoms with Crippen LogP contribution in [0.15, 0.2) is 48.5 Å². The zero-order valence-corrected chi connectivity index (χ0v) is 18.3. The highest BCUT2D eigenvalue weighted by molar-refractivity contribution is 6.14. The van der Waals surface area contributed by atoms with Crippen molar-refractivity contribution in [1.82, 2.24) is 4.90 Å². The summed E-state index contributed by atoms with van der Waals surface area (Å²) < 4.78 is 5.17. The van der Waals surface area contributed by atoms with Crippen molar-refractivity contribution in [2.75, 3.05) is 42.3 Å². The molecule has 3 amide bonds. The molecule has 1 aliphatic heterocycles. The van der Waals surface area contributed by atoms with Crippen molar-refractivity contribution in [3.05, 3.63) is 48.5 Å². The van der Waals surface area contributed by atoms with E-state index in [1.165, 1.54) is 4.90 Å². The standard InChI is InChI=1S/C23H28N4O4/c1-5-26(14-20(28)24-16-9-8-10-17(13-16)31-4)15-21(29)27-19-12-7-6-11-18(19)25-22(30)23(27,2)3/h6-13H,5,14-15H2,1-4H3,(H,24,28)(H,25,30). The van der Waals surface area contributed by atoms with E-state index in [0.29, 0.717) is 29.4 Å². The van der Waals surface area contributed by atoms with Crippen molar-refractivity contribution >= 4 is 34.8 Å². The van der Waals surface area contributed by atoms with Crippen LogP contribution >= 0.6 is 0 Å². The minimum atomic E-state index is -1.05. The van der Waals surface area contributed by atoms with E-state index in [9.17, 15) is 14.4 Å². The molecule has 0 fully saturated rings. The lowest BCUT2D eigenvalue weighted by Gasteiger charge is -2.42. The molecule has 0 radical (unpaired) electrons. The molecule has 1 heterocycles. The Bertz CT molecular complexity index is 989. The molecular formula is C23H28N4O4. The van der Waals surface area contributed by atoms with Gasteiger partial charge in [-0.2, -0.15) is 0 Å². The van der Waals surface area contributed by atoms with Gasteiger partial charge in [-0.25, -0.2) is 0 Å². The van der Waals surface area contributed by atoms with Crippen molar-refractivity contribution < 1.29 is 19.1 Å². The number of anilines is 3. The summed E-state index contributed by atoms with van der Waals surface area (Å²) in [6.45, 7) is 5.85. The molecule has 0 bridgehead atoms. The first-order valence-corrected chi connectivity index (χ1v) is 10.2. The fourth-order valence-corrected chi connectivity index (χ4v) is 3.54. The zero-order valence-electron chi connectivity index (χ0n) is 18.3. The maximum atomic E-state index is 13.3. The van der Waals surface area contributed by atoms with Crippen LogP contribution in [-0.4, -0.2) is 54.9 Å². The van der Waals surface area contributed by atoms with Crippen LogP contribution in [0.25, 0.3) is 0 Å². The van der Waals surface area contributed by atoms with Crippen molar-refractivity contribution in [3.8, 4) is 5.75 Å². The van der Waals surface area contributed by atoms with E-state index in [0.717, 1.165) is 0 Å². The number of likely N-dealkylation sites (N-methyl/N-ethyl adjacent to an activating group) is 1. The number of benzene rings is 2. The molecule has 2 N–H and O–H groups in total. The first kappa shape index (κ1) is 22.3. The average Bonchev–Trinajstić information content (AvgIpc) is 2.73. The molecule has 0 unspecified atom stereocenters. The molecule has 31 heavy (non-hydrogen) atoms. The third kappa shape index (κ3) is 4.86. The van der Waals surface area contributed by atoms with Gasteiger partial charge in [-0.15, -0.1) is 0 Å². The smallest absolute Gasteiger partial charge is 0.250 e. The minimum Gasteiger partial charge on any atom is -0.497 e. The number of hydrogen-bond acceptors (Lipinski definition) is 5. The number of hydrogen-bond donors (Lipinski definition) is 2. The summed E-state index contributed by atoms with van der Waals surface area (Å²) >= 11 is 0. The number of nitrogens with zero attached hydrogens (tertiary/aromatic N) is 2. The lowest BCUT2D eigenvalue weighted by Crippen LogP contribution is -2.60. The molecule has 0 aliphatic carbocycles. The van der Waals surface area contributed by atoms with Crippen molar-refractivity contribution in [2.24, 2.45) is 0 Å². The van der Waals surface area contributed by atoms with Gasteiger partial charge in [0.05, 0.1) is 31.6 Å². The topological polar surface area (TPSA) is 91.0 Å². The predicted molar refractivity (Wildman–Crippen MR) is 120 cm³/mol. The number of fused-ring (bicyclic) bond motifs is 1. The third-order valence-electron chi connectivity index (χ3n) is 5.28. The lowest BCUT2D eigenvalue weighted by atomic mass is 9.96. The van der Waals surface area contributed by atoms with Gasteiger partial charge < -0.3 is 15.4 Å². The molecule has 0 spiro atoms. The number of methoxy groups -OCH3 is 1. The van der Waals surface area contributed by atoms with Gasteiger partial charge in [0.1, 0.15) is 11.3 Å². The molecule has 2 aromatic carbocycles. The van der Waals surface area contributed by atoms with Crippen molar-refractivity contribution in [3.63, 3.8) is 0 Å². The summed E-state index contributed by atoms with van der Waals surface area (Å²) in [4.78, 5) is 41.7. The van der Waals surface area contributed by atoms with Crippen LogP contribution in [0, 0.1) is 0 Å². The van der Waals surface area contributed by atoms with Crippen LogP contribution in [0.1, 0.15) is 20.8 Å². The quantitative estimate of drug-likeness (QED) is 0.713. The highest BCUT2D eigenvalue weighted by Gasteiger charge is 2.43. The van der Waals surface area contributed by atoms with Gasteiger partial charge in [0.15, 0.2) is 0 Å². The summed E-state index contributed by atoms with van der Waals surface area (Å²) in [7, 11) is 1.56. The normalized spacial score (nSPS) is 14.6. The molecule has 0 saturated carbocycles. The Labute approximate surface area is 182 Å². The highest BCUT2D eigenvalue weighted by Crippen LogP contribution is 2.36. The molecule has 0 saturated heterocycles. The van der Waals surface area contributed by atoms with Gasteiger partial charge in [0.2, 0.25) is 17.7 Å². The van der Waals surface area contributed by atoms with Crippen LogP contribution in [-0.2, 0) is 14.4 Å². The summed E-state index contributed by atoms with van der Waals surface area (Å²) in [5.74, 6) is -0.0924. The first-order chi connectivity index (χ1) is 14.8. The predicted octanol–water partition coefficient (Wildman–Crippen LogP) is 2.72. The Morgan fingerprint density at radius 1 is 1.13 bits per heavy atom. The summed E-state index contributed by atoms with van der Waals surface area (Å²) in [5.41, 5.74) is 0.815.